The maximum atomic E-state index is 11.2. The standard InChI is InChI=1S/C9H12O2.C6H10N2O.C6H9NO2.C6H9NOS.C5H8N2OS.2C5H11NO.C4H8N4/c1-6(2)7-4-3-5-8(10)9(7)11;1-4(2)6-7-5(3)9-8-6;2*1-4(2)5-3-6(8)7-9-5;1-3(2)4-5(8)7-9-6-4;2*1-4(2)5(7)6-3;1-3(2)4-5-7-8-6-4/h4-6,10H,3H2,1-2H3;4H,3H2,1-2H3,(H,7,8);2*3-4H,1-2H3,(H,7,8);3H,1-2H3,(H,7,8);2*4H,1-3H3,(H,6,7);3H,1-2H3,(H,5,6,7,8). The van der Waals surface area contributed by atoms with Crippen LogP contribution in [0.5, 0.6) is 0 Å². The Labute approximate surface area is 414 Å². The van der Waals surface area contributed by atoms with Gasteiger partial charge in [-0.2, -0.15) is 19.7 Å². The summed E-state index contributed by atoms with van der Waals surface area (Å²) in [6, 6.07) is 3.11. The zero-order valence-corrected chi connectivity index (χ0v) is 45.2. The Balaban J connectivity index is 0. The Hall–Kier alpha value is -6.23. The molecule has 6 rings (SSSR count). The van der Waals surface area contributed by atoms with Crippen LogP contribution < -0.4 is 32.8 Å². The van der Waals surface area contributed by atoms with Crippen molar-refractivity contribution in [3.63, 3.8) is 0 Å². The van der Waals surface area contributed by atoms with Crippen LogP contribution in [0.1, 0.15) is 163 Å². The molecule has 0 fully saturated rings. The fraction of sp³-hybridized carbons (Fsp3) is 0.587. The molecule has 69 heavy (non-hydrogen) atoms. The van der Waals surface area contributed by atoms with Gasteiger partial charge in [-0.05, 0) is 30.9 Å². The summed E-state index contributed by atoms with van der Waals surface area (Å²) >= 11 is 2.53. The van der Waals surface area contributed by atoms with Crippen molar-refractivity contribution in [3.05, 3.63) is 101 Å². The molecule has 0 unspecified atom stereocenters. The fourth-order valence-electron chi connectivity index (χ4n) is 4.40. The van der Waals surface area contributed by atoms with E-state index in [9.17, 15) is 28.8 Å². The smallest absolute Gasteiger partial charge is 0.281 e. The van der Waals surface area contributed by atoms with Crippen LogP contribution in [0.25, 0.3) is 0 Å². The molecule has 2 amide bonds. The number of Topliss-reactive ketones (excluding diaryl/α,β-unsaturated/α-hetero) is 1. The highest BCUT2D eigenvalue weighted by Crippen LogP contribution is 2.19. The summed E-state index contributed by atoms with van der Waals surface area (Å²) in [5.41, 5.74) is 3.83. The van der Waals surface area contributed by atoms with E-state index in [4.69, 9.17) is 14.5 Å². The molecule has 0 radical (unpaired) electrons. The average Bonchev–Trinajstić information content (AvgIpc) is 4.15. The molecule has 0 saturated heterocycles. The summed E-state index contributed by atoms with van der Waals surface area (Å²) in [6.07, 6.45) is 4.08. The lowest BCUT2D eigenvalue weighted by molar-refractivity contribution is -0.124. The Morgan fingerprint density at radius 1 is 0.739 bits per heavy atom. The fourth-order valence-corrected chi connectivity index (χ4v) is 5.70. The van der Waals surface area contributed by atoms with Crippen molar-refractivity contribution in [1.82, 2.24) is 55.0 Å². The van der Waals surface area contributed by atoms with E-state index < -0.39 is 0 Å². The third-order valence-electron chi connectivity index (χ3n) is 8.54. The molecule has 2 aliphatic rings. The number of nitrogens with one attached hydrogen (secondary N) is 7. The predicted octanol–water partition coefficient (Wildman–Crippen LogP) is 7.74. The van der Waals surface area contributed by atoms with E-state index in [0.717, 1.165) is 33.8 Å². The van der Waals surface area contributed by atoms with E-state index in [-0.39, 0.29) is 69.6 Å². The van der Waals surface area contributed by atoms with E-state index in [0.29, 0.717) is 41.5 Å². The normalized spacial score (nSPS) is 12.3. The van der Waals surface area contributed by atoms with Gasteiger partial charge in [-0.25, -0.2) is 5.48 Å². The molecule has 0 atom stereocenters. The number of ketones is 1. The zero-order valence-electron chi connectivity index (χ0n) is 43.6. The summed E-state index contributed by atoms with van der Waals surface area (Å²) < 4.78 is 13.8. The van der Waals surface area contributed by atoms with Crippen molar-refractivity contribution in [2.75, 3.05) is 14.1 Å². The molecule has 21 nitrogen and oxygen atoms in total. The maximum absolute atomic E-state index is 11.2. The van der Waals surface area contributed by atoms with E-state index in [2.05, 4.69) is 80.4 Å². The Morgan fingerprint density at radius 2 is 1.32 bits per heavy atom. The number of allylic oxidation sites excluding steroid dienone is 3. The monoisotopic (exact) mass is 1010 g/mol. The number of hydrogen-bond donors (Lipinski definition) is 8. The summed E-state index contributed by atoms with van der Waals surface area (Å²) in [5.74, 6) is 4.82. The minimum Gasteiger partial charge on any atom is -0.504 e. The molecule has 0 bridgehead atoms. The van der Waals surface area contributed by atoms with Crippen molar-refractivity contribution in [3.8, 4) is 0 Å². The molecule has 0 saturated carbocycles. The van der Waals surface area contributed by atoms with Gasteiger partial charge in [0, 0.05) is 83.9 Å². The molecule has 0 aromatic carbocycles. The number of carbonyl (C=O) groups excluding carboxylic acids is 3. The van der Waals surface area contributed by atoms with E-state index in [1.807, 2.05) is 103 Å². The number of amidine groups is 1. The first-order valence-electron chi connectivity index (χ1n) is 22.5. The number of carbonyl (C=O) groups is 3. The minimum absolute atomic E-state index is 0.0173. The second-order valence-electron chi connectivity index (χ2n) is 17.4. The van der Waals surface area contributed by atoms with Crippen molar-refractivity contribution in [2.24, 2.45) is 28.7 Å². The quantitative estimate of drug-likeness (QED) is 0.0838. The van der Waals surface area contributed by atoms with Crippen LogP contribution in [0.3, 0.4) is 0 Å². The third kappa shape index (κ3) is 28.6. The van der Waals surface area contributed by atoms with Gasteiger partial charge >= 0.3 is 0 Å². The largest absolute Gasteiger partial charge is 0.504 e. The van der Waals surface area contributed by atoms with Crippen LogP contribution in [-0.4, -0.2) is 81.5 Å². The van der Waals surface area contributed by atoms with E-state index in [1.54, 1.807) is 20.2 Å². The van der Waals surface area contributed by atoms with Crippen LogP contribution in [0, 0.1) is 23.7 Å². The van der Waals surface area contributed by atoms with Crippen LogP contribution in [0.4, 0.5) is 0 Å². The minimum atomic E-state index is -0.216. The van der Waals surface area contributed by atoms with Crippen LogP contribution in [0.15, 0.2) is 72.0 Å². The van der Waals surface area contributed by atoms with Crippen molar-refractivity contribution < 1.29 is 28.9 Å². The number of hydrogen-bond acceptors (Lipinski definition) is 17. The predicted molar refractivity (Wildman–Crippen MR) is 274 cm³/mol. The van der Waals surface area contributed by atoms with Crippen molar-refractivity contribution in [2.45, 2.75) is 141 Å². The first-order valence-corrected chi connectivity index (χ1v) is 24.1. The van der Waals surface area contributed by atoms with Gasteiger partial charge in [-0.3, -0.25) is 37.5 Å². The molecule has 4 aromatic rings. The lowest BCUT2D eigenvalue weighted by Crippen LogP contribution is -2.22. The molecule has 1 aliphatic carbocycles. The first-order chi connectivity index (χ1) is 32.1. The van der Waals surface area contributed by atoms with Crippen molar-refractivity contribution >= 4 is 46.7 Å². The highest BCUT2D eigenvalue weighted by Gasteiger charge is 2.19. The third-order valence-corrected chi connectivity index (χ3v) is 10.2. The van der Waals surface area contributed by atoms with E-state index in [1.165, 1.54) is 23.7 Å². The number of aliphatic hydroxyl groups is 1. The summed E-state index contributed by atoms with van der Waals surface area (Å²) in [7, 11) is 3.28. The number of amides is 2. The number of rotatable bonds is 8. The molecule has 8 N–H and O–H groups in total. The number of aliphatic hydroxyl groups excluding tert-OH is 1. The summed E-state index contributed by atoms with van der Waals surface area (Å²) in [6.45, 7) is 34.9. The van der Waals surface area contributed by atoms with Gasteiger partial charge in [0.1, 0.15) is 17.3 Å². The molecular weight excluding hydrogens is 929 g/mol. The number of aromatic amines is 4. The van der Waals surface area contributed by atoms with Crippen LogP contribution >= 0.6 is 23.3 Å². The Kier molecular flexibility index (Phi) is 32.9. The Bertz CT molecular complexity index is 2270. The topological polar surface area (TPSA) is 308 Å². The lowest BCUT2D eigenvalue weighted by atomic mass is 9.93. The van der Waals surface area contributed by atoms with Crippen LogP contribution in [0.2, 0.25) is 0 Å². The number of aromatic nitrogens is 8. The number of nitrogens with zero attached hydrogens (tertiary/aromatic N) is 5. The van der Waals surface area contributed by atoms with Gasteiger partial charge in [-0.15, -0.1) is 10.2 Å². The van der Waals surface area contributed by atoms with Gasteiger partial charge in [0.15, 0.2) is 11.6 Å². The molecule has 1 aliphatic heterocycles. The lowest BCUT2D eigenvalue weighted by Gasteiger charge is -2.12. The number of aliphatic imine (C=N–C) groups is 1. The second kappa shape index (κ2) is 35.0. The number of H-pyrrole nitrogens is 4. The van der Waals surface area contributed by atoms with Gasteiger partial charge in [0.25, 0.3) is 16.7 Å². The first kappa shape index (κ1) is 64.9. The maximum Gasteiger partial charge on any atom is 0.281 e. The number of hydroxylamine groups is 1. The summed E-state index contributed by atoms with van der Waals surface area (Å²) in [5, 5.41) is 29.7. The van der Waals surface area contributed by atoms with E-state index >= 15 is 0 Å². The highest BCUT2D eigenvalue weighted by atomic mass is 32.1. The van der Waals surface area contributed by atoms with Gasteiger partial charge in [0.2, 0.25) is 23.5 Å². The van der Waals surface area contributed by atoms with Gasteiger partial charge in [-0.1, -0.05) is 134 Å². The zero-order chi connectivity index (χ0) is 53.6. The van der Waals surface area contributed by atoms with Crippen LogP contribution in [-0.2, 0) is 19.2 Å². The Morgan fingerprint density at radius 3 is 1.54 bits per heavy atom. The molecule has 4 aromatic heterocycles. The molecule has 388 valence electrons. The highest BCUT2D eigenvalue weighted by molar-refractivity contribution is 7.05. The molecular formula is C46H78N12O9S2. The molecule has 23 heteroatoms. The summed E-state index contributed by atoms with van der Waals surface area (Å²) in [4.78, 5) is 73.6. The second-order valence-corrected chi connectivity index (χ2v) is 18.8. The van der Waals surface area contributed by atoms with Gasteiger partial charge < -0.3 is 25.1 Å². The van der Waals surface area contributed by atoms with Crippen molar-refractivity contribution in [1.29, 1.82) is 0 Å². The molecule has 5 heterocycles. The van der Waals surface area contributed by atoms with Gasteiger partial charge in [0.05, 0.1) is 0 Å². The average molecular weight is 1010 g/mol. The SMILES string of the molecule is C=C1N=C(C(C)C)NO1.CC(C)C1=CCC=C(O)C1=O.CC(C)c1cc(=O)[nH]o1.CC(C)c1cc(=O)[nH]s1.CC(C)c1nn[nH]n1.CC(C)c1ns[nH]c1=O.CNC(=O)C(C)C.CNC(=O)C(C)C. The number of tetrazole rings is 1. The molecule has 0 spiro atoms.